The maximum Gasteiger partial charge on any atom is 0.261 e. The van der Waals surface area contributed by atoms with Crippen molar-refractivity contribution in [1.29, 1.82) is 0 Å². The van der Waals surface area contributed by atoms with E-state index in [4.69, 9.17) is 4.74 Å². The van der Waals surface area contributed by atoms with E-state index in [1.54, 1.807) is 6.92 Å². The van der Waals surface area contributed by atoms with Gasteiger partial charge in [-0.15, -0.1) is 0 Å². The van der Waals surface area contributed by atoms with E-state index in [1.165, 1.54) is 41.8 Å². The number of carbonyl (C=O) groups excluding carboxylic acids is 1. The van der Waals surface area contributed by atoms with Gasteiger partial charge >= 0.3 is 0 Å². The Morgan fingerprint density at radius 1 is 1.08 bits per heavy atom. The van der Waals surface area contributed by atoms with E-state index in [-0.39, 0.29) is 17.8 Å². The van der Waals surface area contributed by atoms with E-state index in [0.717, 1.165) is 18.4 Å². The van der Waals surface area contributed by atoms with Crippen LogP contribution in [-0.2, 0) is 17.6 Å². The number of rotatable bonds is 5. The predicted octanol–water partition coefficient (Wildman–Crippen LogP) is 3.96. The molecule has 4 heteroatoms. The summed E-state index contributed by atoms with van der Waals surface area (Å²) < 4.78 is 18.5. The van der Waals surface area contributed by atoms with Crippen molar-refractivity contribution in [3.05, 3.63) is 65.0 Å². The highest BCUT2D eigenvalue weighted by atomic mass is 19.1. The van der Waals surface area contributed by atoms with Crippen LogP contribution in [0, 0.1) is 5.82 Å². The van der Waals surface area contributed by atoms with Crippen molar-refractivity contribution < 1.29 is 13.9 Å². The third kappa shape index (κ3) is 3.75. The first kappa shape index (κ1) is 16.5. The summed E-state index contributed by atoms with van der Waals surface area (Å²) in [5.41, 5.74) is 3.92. The first-order chi connectivity index (χ1) is 11.5. The van der Waals surface area contributed by atoms with Crippen LogP contribution in [0.4, 0.5) is 4.39 Å². The number of hydrogen-bond acceptors (Lipinski definition) is 2. The molecular formula is C20H22FNO2. The maximum atomic E-state index is 12.9. The molecule has 2 aromatic carbocycles. The number of fused-ring (bicyclic) bond motifs is 1. The van der Waals surface area contributed by atoms with Crippen molar-refractivity contribution in [2.24, 2.45) is 0 Å². The quantitative estimate of drug-likeness (QED) is 0.903. The van der Waals surface area contributed by atoms with Gasteiger partial charge in [0, 0.05) is 0 Å². The molecule has 1 N–H and O–H groups in total. The van der Waals surface area contributed by atoms with Gasteiger partial charge < -0.3 is 10.1 Å². The fraction of sp³-hybridized carbons (Fsp3) is 0.350. The minimum atomic E-state index is -0.646. The second kappa shape index (κ2) is 7.04. The molecule has 1 aliphatic rings. The second-order valence-corrected chi connectivity index (χ2v) is 6.33. The molecule has 0 fully saturated rings. The normalized spacial score (nSPS) is 15.5. The number of ether oxygens (including phenoxy) is 1. The monoisotopic (exact) mass is 327 g/mol. The van der Waals surface area contributed by atoms with Crippen molar-refractivity contribution in [1.82, 2.24) is 5.32 Å². The summed E-state index contributed by atoms with van der Waals surface area (Å²) >= 11 is 0. The Balaban J connectivity index is 1.60. The number of benzene rings is 2. The molecule has 0 spiro atoms. The fourth-order valence-corrected chi connectivity index (χ4v) is 3.05. The van der Waals surface area contributed by atoms with Gasteiger partial charge in [-0.05, 0) is 74.1 Å². The van der Waals surface area contributed by atoms with Crippen molar-refractivity contribution in [2.45, 2.75) is 45.3 Å². The summed E-state index contributed by atoms with van der Waals surface area (Å²) in [6.45, 7) is 3.66. The molecular weight excluding hydrogens is 305 g/mol. The number of nitrogens with one attached hydrogen (secondary N) is 1. The van der Waals surface area contributed by atoms with Crippen molar-refractivity contribution in [2.75, 3.05) is 0 Å². The molecule has 0 aromatic heterocycles. The van der Waals surface area contributed by atoms with Crippen LogP contribution in [0.3, 0.4) is 0 Å². The third-order valence-electron chi connectivity index (χ3n) is 4.48. The average molecular weight is 327 g/mol. The van der Waals surface area contributed by atoms with Gasteiger partial charge in [0.05, 0.1) is 6.04 Å². The first-order valence-corrected chi connectivity index (χ1v) is 8.37. The van der Waals surface area contributed by atoms with Crippen LogP contribution in [0.2, 0.25) is 0 Å². The van der Waals surface area contributed by atoms with Crippen LogP contribution in [0.25, 0.3) is 0 Å². The Labute approximate surface area is 141 Å². The number of amides is 1. The summed E-state index contributed by atoms with van der Waals surface area (Å²) in [5, 5.41) is 2.98. The van der Waals surface area contributed by atoms with Crippen LogP contribution in [0.1, 0.15) is 43.0 Å². The molecule has 0 radical (unpaired) electrons. The molecule has 0 saturated carbocycles. The summed E-state index contributed by atoms with van der Waals surface area (Å²) in [6, 6.07) is 12.0. The lowest BCUT2D eigenvalue weighted by atomic mass is 10.0. The molecule has 126 valence electrons. The molecule has 0 aliphatic heterocycles. The van der Waals surface area contributed by atoms with E-state index in [2.05, 4.69) is 23.5 Å². The van der Waals surface area contributed by atoms with E-state index in [0.29, 0.717) is 5.75 Å². The zero-order valence-corrected chi connectivity index (χ0v) is 14.0. The molecule has 24 heavy (non-hydrogen) atoms. The third-order valence-corrected chi connectivity index (χ3v) is 4.48. The number of carbonyl (C=O) groups is 1. The van der Waals surface area contributed by atoms with Gasteiger partial charge in [-0.1, -0.05) is 18.2 Å². The standard InChI is InChI=1S/C20H22FNO2/c1-13(16-7-6-15-4-3-5-17(15)12-16)22-20(23)14(2)24-19-10-8-18(21)9-11-19/h6-14H,3-5H2,1-2H3,(H,22,23)/t13-,14+/m0/s1. The Kier molecular flexibility index (Phi) is 4.84. The number of halogens is 1. The summed E-state index contributed by atoms with van der Waals surface area (Å²) in [4.78, 5) is 12.3. The summed E-state index contributed by atoms with van der Waals surface area (Å²) in [7, 11) is 0. The van der Waals surface area contributed by atoms with E-state index >= 15 is 0 Å². The Bertz CT molecular complexity index is 727. The minimum Gasteiger partial charge on any atom is -0.481 e. The average Bonchev–Trinajstić information content (AvgIpc) is 3.04. The highest BCUT2D eigenvalue weighted by molar-refractivity contribution is 5.81. The fourth-order valence-electron chi connectivity index (χ4n) is 3.05. The molecule has 2 aromatic rings. The zero-order valence-electron chi connectivity index (χ0n) is 14.0. The largest absolute Gasteiger partial charge is 0.481 e. The lowest BCUT2D eigenvalue weighted by Crippen LogP contribution is -2.37. The van der Waals surface area contributed by atoms with Crippen LogP contribution < -0.4 is 10.1 Å². The van der Waals surface area contributed by atoms with Crippen LogP contribution >= 0.6 is 0 Å². The Morgan fingerprint density at radius 3 is 2.54 bits per heavy atom. The Hall–Kier alpha value is -2.36. The first-order valence-electron chi connectivity index (χ1n) is 8.37. The molecule has 3 rings (SSSR count). The van der Waals surface area contributed by atoms with Gasteiger partial charge in [-0.3, -0.25) is 4.79 Å². The summed E-state index contributed by atoms with van der Waals surface area (Å²) in [6.07, 6.45) is 2.84. The molecule has 0 unspecified atom stereocenters. The SMILES string of the molecule is C[C@H](NC(=O)[C@@H](C)Oc1ccc(F)cc1)c1ccc2c(c1)CCC2. The lowest BCUT2D eigenvalue weighted by Gasteiger charge is -2.19. The highest BCUT2D eigenvalue weighted by Gasteiger charge is 2.19. The maximum absolute atomic E-state index is 12.9. The smallest absolute Gasteiger partial charge is 0.261 e. The molecule has 0 bridgehead atoms. The van der Waals surface area contributed by atoms with Gasteiger partial charge in [0.15, 0.2) is 6.10 Å². The Morgan fingerprint density at radius 2 is 1.79 bits per heavy atom. The second-order valence-electron chi connectivity index (χ2n) is 6.33. The van der Waals surface area contributed by atoms with Gasteiger partial charge in [0.25, 0.3) is 5.91 Å². The van der Waals surface area contributed by atoms with Gasteiger partial charge in [-0.2, -0.15) is 0 Å². The minimum absolute atomic E-state index is 0.0809. The van der Waals surface area contributed by atoms with Gasteiger partial charge in [0.1, 0.15) is 11.6 Å². The van der Waals surface area contributed by atoms with Gasteiger partial charge in [-0.25, -0.2) is 4.39 Å². The van der Waals surface area contributed by atoms with Crippen molar-refractivity contribution in [3.63, 3.8) is 0 Å². The molecule has 3 nitrogen and oxygen atoms in total. The van der Waals surface area contributed by atoms with Crippen molar-refractivity contribution >= 4 is 5.91 Å². The van der Waals surface area contributed by atoms with E-state index < -0.39 is 6.10 Å². The zero-order chi connectivity index (χ0) is 17.1. The number of hydrogen-bond donors (Lipinski definition) is 1. The molecule has 1 amide bonds. The predicted molar refractivity (Wildman–Crippen MR) is 91.5 cm³/mol. The molecule has 2 atom stereocenters. The van der Waals surface area contributed by atoms with E-state index in [9.17, 15) is 9.18 Å². The molecule has 0 heterocycles. The van der Waals surface area contributed by atoms with E-state index in [1.807, 2.05) is 6.92 Å². The number of aryl methyl sites for hydroxylation is 2. The lowest BCUT2D eigenvalue weighted by molar-refractivity contribution is -0.127. The van der Waals surface area contributed by atoms with Crippen LogP contribution in [0.5, 0.6) is 5.75 Å². The van der Waals surface area contributed by atoms with Crippen LogP contribution in [-0.4, -0.2) is 12.0 Å². The summed E-state index contributed by atoms with van der Waals surface area (Å²) in [5.74, 6) is -0.0405. The van der Waals surface area contributed by atoms with Crippen molar-refractivity contribution in [3.8, 4) is 5.75 Å². The van der Waals surface area contributed by atoms with Crippen LogP contribution in [0.15, 0.2) is 42.5 Å². The van der Waals surface area contributed by atoms with Gasteiger partial charge in [0.2, 0.25) is 0 Å². The molecule has 0 saturated heterocycles. The topological polar surface area (TPSA) is 38.3 Å². The molecule has 1 aliphatic carbocycles. The highest BCUT2D eigenvalue weighted by Crippen LogP contribution is 2.25.